The lowest BCUT2D eigenvalue weighted by molar-refractivity contribution is 0.0610. The molecule has 0 aliphatic carbocycles. The van der Waals surface area contributed by atoms with Gasteiger partial charge >= 0.3 is 7.82 Å². The standard InChI is InChI=1S/C16H35O4P/c1-5-9-11-14-15(8-4)19-21(17,18)20-16(12-7-3)13-10-6-2/h15-16H,5-14H2,1-4H3,(H,17,18). The maximum atomic E-state index is 12.2. The van der Waals surface area contributed by atoms with Crippen LogP contribution < -0.4 is 0 Å². The molecule has 0 saturated carbocycles. The lowest BCUT2D eigenvalue weighted by atomic mass is 10.1. The summed E-state index contributed by atoms with van der Waals surface area (Å²) in [6, 6.07) is 0. The first-order chi connectivity index (χ1) is 9.99. The molecule has 0 aliphatic heterocycles. The van der Waals surface area contributed by atoms with Crippen molar-refractivity contribution >= 4 is 7.82 Å². The van der Waals surface area contributed by atoms with E-state index in [1.807, 2.05) is 6.92 Å². The lowest BCUT2D eigenvalue weighted by Gasteiger charge is -2.24. The molecule has 0 heterocycles. The second kappa shape index (κ2) is 12.6. The van der Waals surface area contributed by atoms with Crippen LogP contribution in [0.15, 0.2) is 0 Å². The number of hydrogen-bond acceptors (Lipinski definition) is 3. The minimum Gasteiger partial charge on any atom is -0.302 e. The van der Waals surface area contributed by atoms with Crippen LogP contribution in [0.5, 0.6) is 0 Å². The Morgan fingerprint density at radius 2 is 1.38 bits per heavy atom. The largest absolute Gasteiger partial charge is 0.472 e. The summed E-state index contributed by atoms with van der Waals surface area (Å²) in [5.41, 5.74) is 0. The summed E-state index contributed by atoms with van der Waals surface area (Å²) in [6.45, 7) is 8.30. The Bertz CT molecular complexity index is 283. The highest BCUT2D eigenvalue weighted by atomic mass is 31.2. The molecule has 0 aromatic heterocycles. The van der Waals surface area contributed by atoms with Crippen LogP contribution in [-0.2, 0) is 13.6 Å². The Labute approximate surface area is 131 Å². The van der Waals surface area contributed by atoms with E-state index in [0.29, 0.717) is 0 Å². The normalized spacial score (nSPS) is 17.4. The fraction of sp³-hybridized carbons (Fsp3) is 1.00. The summed E-state index contributed by atoms with van der Waals surface area (Å²) < 4.78 is 23.0. The van der Waals surface area contributed by atoms with Gasteiger partial charge in [0.2, 0.25) is 0 Å². The fourth-order valence-electron chi connectivity index (χ4n) is 2.36. The molecule has 3 unspecified atom stereocenters. The predicted molar refractivity (Wildman–Crippen MR) is 88.4 cm³/mol. The third-order valence-corrected chi connectivity index (χ3v) is 4.77. The molecule has 0 saturated heterocycles. The predicted octanol–water partition coefficient (Wildman–Crippen LogP) is 5.84. The van der Waals surface area contributed by atoms with E-state index < -0.39 is 7.82 Å². The zero-order valence-corrected chi connectivity index (χ0v) is 15.2. The number of rotatable bonds is 14. The van der Waals surface area contributed by atoms with E-state index in [-0.39, 0.29) is 12.2 Å². The summed E-state index contributed by atoms with van der Waals surface area (Å²) in [4.78, 5) is 9.98. The van der Waals surface area contributed by atoms with Crippen molar-refractivity contribution in [3.05, 3.63) is 0 Å². The fourth-order valence-corrected chi connectivity index (χ4v) is 3.63. The molecule has 4 nitrogen and oxygen atoms in total. The van der Waals surface area contributed by atoms with Gasteiger partial charge in [0.05, 0.1) is 12.2 Å². The van der Waals surface area contributed by atoms with Crippen molar-refractivity contribution in [1.82, 2.24) is 0 Å². The highest BCUT2D eigenvalue weighted by Gasteiger charge is 2.29. The summed E-state index contributed by atoms with van der Waals surface area (Å²) in [6.07, 6.45) is 9.17. The third-order valence-electron chi connectivity index (χ3n) is 3.64. The van der Waals surface area contributed by atoms with E-state index in [4.69, 9.17) is 9.05 Å². The van der Waals surface area contributed by atoms with E-state index >= 15 is 0 Å². The van der Waals surface area contributed by atoms with Gasteiger partial charge < -0.3 is 4.89 Å². The molecule has 21 heavy (non-hydrogen) atoms. The summed E-state index contributed by atoms with van der Waals surface area (Å²) in [5.74, 6) is 0. The molecule has 3 atom stereocenters. The van der Waals surface area contributed by atoms with E-state index in [9.17, 15) is 9.46 Å². The topological polar surface area (TPSA) is 55.8 Å². The SMILES string of the molecule is CCCCCC(CC)OP(=O)(O)OC(CCC)CCCC. The molecule has 1 N–H and O–H groups in total. The molecule has 0 amide bonds. The minimum atomic E-state index is -3.94. The van der Waals surface area contributed by atoms with E-state index in [0.717, 1.165) is 64.2 Å². The van der Waals surface area contributed by atoms with Crippen molar-refractivity contribution in [3.8, 4) is 0 Å². The van der Waals surface area contributed by atoms with Gasteiger partial charge in [0.15, 0.2) is 0 Å². The Balaban J connectivity index is 4.36. The van der Waals surface area contributed by atoms with Crippen molar-refractivity contribution in [2.45, 2.75) is 104 Å². The van der Waals surface area contributed by atoms with Crippen LogP contribution >= 0.6 is 7.82 Å². The van der Waals surface area contributed by atoms with Crippen molar-refractivity contribution in [2.75, 3.05) is 0 Å². The van der Waals surface area contributed by atoms with E-state index in [1.54, 1.807) is 0 Å². The second-order valence-electron chi connectivity index (χ2n) is 5.76. The molecular formula is C16H35O4P. The smallest absolute Gasteiger partial charge is 0.302 e. The number of unbranched alkanes of at least 4 members (excludes halogenated alkanes) is 3. The molecule has 0 aliphatic rings. The Hall–Kier alpha value is 0.110. The zero-order valence-electron chi connectivity index (χ0n) is 14.3. The summed E-state index contributed by atoms with van der Waals surface area (Å²) in [5, 5.41) is 0. The van der Waals surface area contributed by atoms with Crippen molar-refractivity contribution in [3.63, 3.8) is 0 Å². The zero-order chi connectivity index (χ0) is 16.1. The molecular weight excluding hydrogens is 287 g/mol. The first kappa shape index (κ1) is 21.1. The Morgan fingerprint density at radius 1 is 0.810 bits per heavy atom. The van der Waals surface area contributed by atoms with E-state index in [1.165, 1.54) is 0 Å². The van der Waals surface area contributed by atoms with Crippen LogP contribution in [0, 0.1) is 0 Å². The molecule has 0 fully saturated rings. The minimum absolute atomic E-state index is 0.168. The molecule has 0 aromatic carbocycles. The van der Waals surface area contributed by atoms with Gasteiger partial charge in [-0.15, -0.1) is 0 Å². The van der Waals surface area contributed by atoms with E-state index in [2.05, 4.69) is 20.8 Å². The number of hydrogen-bond donors (Lipinski definition) is 1. The van der Waals surface area contributed by atoms with Crippen LogP contribution in [0.3, 0.4) is 0 Å². The number of phosphoric ester groups is 1. The average Bonchev–Trinajstić information content (AvgIpc) is 2.43. The lowest BCUT2D eigenvalue weighted by Crippen LogP contribution is -2.16. The van der Waals surface area contributed by atoms with Gasteiger partial charge in [-0.2, -0.15) is 0 Å². The van der Waals surface area contributed by atoms with Gasteiger partial charge in [-0.05, 0) is 25.7 Å². The van der Waals surface area contributed by atoms with Crippen LogP contribution in [0.2, 0.25) is 0 Å². The molecule has 0 spiro atoms. The van der Waals surface area contributed by atoms with Crippen molar-refractivity contribution < 1.29 is 18.5 Å². The Morgan fingerprint density at radius 3 is 1.90 bits per heavy atom. The van der Waals surface area contributed by atoms with Gasteiger partial charge in [0.25, 0.3) is 0 Å². The maximum Gasteiger partial charge on any atom is 0.472 e. The summed E-state index contributed by atoms with van der Waals surface area (Å²) >= 11 is 0. The van der Waals surface area contributed by atoms with Crippen LogP contribution in [0.1, 0.15) is 91.9 Å². The first-order valence-corrected chi connectivity index (χ1v) is 10.2. The highest BCUT2D eigenvalue weighted by molar-refractivity contribution is 7.47. The molecule has 128 valence electrons. The number of phosphoric acid groups is 1. The highest BCUT2D eigenvalue weighted by Crippen LogP contribution is 2.48. The van der Waals surface area contributed by atoms with Gasteiger partial charge in [0.1, 0.15) is 0 Å². The molecule has 0 aromatic rings. The third kappa shape index (κ3) is 11.3. The molecule has 0 bridgehead atoms. The average molecular weight is 322 g/mol. The first-order valence-electron chi connectivity index (χ1n) is 8.68. The molecule has 5 heteroatoms. The summed E-state index contributed by atoms with van der Waals surface area (Å²) in [7, 11) is -3.94. The van der Waals surface area contributed by atoms with Gasteiger partial charge in [-0.1, -0.05) is 66.2 Å². The quantitative estimate of drug-likeness (QED) is 0.322. The van der Waals surface area contributed by atoms with Crippen LogP contribution in [-0.4, -0.2) is 17.1 Å². The van der Waals surface area contributed by atoms with Crippen molar-refractivity contribution in [2.24, 2.45) is 0 Å². The molecule has 0 radical (unpaired) electrons. The molecule has 0 rings (SSSR count). The van der Waals surface area contributed by atoms with Crippen LogP contribution in [0.4, 0.5) is 0 Å². The van der Waals surface area contributed by atoms with Gasteiger partial charge in [-0.3, -0.25) is 9.05 Å². The van der Waals surface area contributed by atoms with Gasteiger partial charge in [-0.25, -0.2) is 4.57 Å². The van der Waals surface area contributed by atoms with Crippen molar-refractivity contribution in [1.29, 1.82) is 0 Å². The van der Waals surface area contributed by atoms with Crippen LogP contribution in [0.25, 0.3) is 0 Å². The maximum absolute atomic E-state index is 12.2. The second-order valence-corrected chi connectivity index (χ2v) is 7.12. The van der Waals surface area contributed by atoms with Gasteiger partial charge in [0, 0.05) is 0 Å². The monoisotopic (exact) mass is 322 g/mol. The Kier molecular flexibility index (Phi) is 12.7.